The molecule has 0 spiro atoms. The summed E-state index contributed by atoms with van der Waals surface area (Å²) in [6.45, 7) is 0. The van der Waals surface area contributed by atoms with Crippen LogP contribution >= 0.6 is 0 Å². The Hall–Kier alpha value is -6.90. The van der Waals surface area contributed by atoms with Crippen LogP contribution in [0.5, 0.6) is 0 Å². The lowest BCUT2D eigenvalue weighted by atomic mass is 9.83. The van der Waals surface area contributed by atoms with Gasteiger partial charge in [0, 0.05) is 0 Å². The molecule has 11 aromatic rings. The van der Waals surface area contributed by atoms with Gasteiger partial charge in [-0.15, -0.1) is 0 Å². The van der Waals surface area contributed by atoms with Gasteiger partial charge in [0.1, 0.15) is 11.6 Å². The van der Waals surface area contributed by atoms with Crippen molar-refractivity contribution in [2.75, 3.05) is 0 Å². The summed E-state index contributed by atoms with van der Waals surface area (Å²) in [5.41, 5.74) is 9.07. The number of halogens is 2. The van der Waals surface area contributed by atoms with Gasteiger partial charge in [0.25, 0.3) is 0 Å². The van der Waals surface area contributed by atoms with Crippen LogP contribution < -0.4 is 0 Å². The van der Waals surface area contributed by atoms with Crippen molar-refractivity contribution in [1.29, 1.82) is 0 Å². The van der Waals surface area contributed by atoms with Gasteiger partial charge >= 0.3 is 0 Å². The van der Waals surface area contributed by atoms with Crippen molar-refractivity contribution in [3.8, 4) is 44.5 Å². The maximum Gasteiger partial charge on any atom is 0.123 e. The second-order valence-corrected chi connectivity index (χ2v) is 14.3. The minimum absolute atomic E-state index is 0.222. The highest BCUT2D eigenvalue weighted by atomic mass is 19.1. The molecule has 252 valence electrons. The van der Waals surface area contributed by atoms with Gasteiger partial charge in [-0.05, 0) is 146 Å². The molecule has 0 nitrogen and oxygen atoms in total. The van der Waals surface area contributed by atoms with E-state index in [0.717, 1.165) is 49.4 Å². The predicted octanol–water partition coefficient (Wildman–Crippen LogP) is 15.0. The molecular formula is C52H30F2. The highest BCUT2D eigenvalue weighted by Crippen LogP contribution is 2.48. The molecule has 0 unspecified atom stereocenters. The zero-order valence-corrected chi connectivity index (χ0v) is 29.1. The van der Waals surface area contributed by atoms with Crippen molar-refractivity contribution in [2.24, 2.45) is 0 Å². The van der Waals surface area contributed by atoms with E-state index in [1.807, 2.05) is 24.3 Å². The van der Waals surface area contributed by atoms with Crippen molar-refractivity contribution in [1.82, 2.24) is 0 Å². The third-order valence-corrected chi connectivity index (χ3v) is 11.3. The van der Waals surface area contributed by atoms with E-state index in [-0.39, 0.29) is 11.6 Å². The van der Waals surface area contributed by atoms with E-state index < -0.39 is 0 Å². The van der Waals surface area contributed by atoms with Gasteiger partial charge < -0.3 is 0 Å². The zero-order chi connectivity index (χ0) is 35.9. The van der Waals surface area contributed by atoms with Crippen molar-refractivity contribution in [3.05, 3.63) is 194 Å². The van der Waals surface area contributed by atoms with Crippen LogP contribution in [-0.2, 0) is 0 Å². The molecule has 0 aliphatic rings. The highest BCUT2D eigenvalue weighted by molar-refractivity contribution is 6.30. The molecule has 0 aromatic heterocycles. The number of benzene rings is 11. The van der Waals surface area contributed by atoms with Crippen LogP contribution in [0.4, 0.5) is 8.78 Å². The van der Waals surface area contributed by atoms with Gasteiger partial charge in [0.2, 0.25) is 0 Å². The molecule has 0 atom stereocenters. The first-order valence-corrected chi connectivity index (χ1v) is 18.3. The van der Waals surface area contributed by atoms with Crippen LogP contribution in [0.25, 0.3) is 109 Å². The summed E-state index contributed by atoms with van der Waals surface area (Å²) >= 11 is 0. The van der Waals surface area contributed by atoms with Crippen LogP contribution in [-0.4, -0.2) is 0 Å². The molecule has 0 radical (unpaired) electrons. The molecule has 0 saturated carbocycles. The third kappa shape index (κ3) is 4.67. The summed E-state index contributed by atoms with van der Waals surface area (Å²) in [5, 5.41) is 13.9. The van der Waals surface area contributed by atoms with Gasteiger partial charge in [-0.25, -0.2) is 8.78 Å². The third-order valence-electron chi connectivity index (χ3n) is 11.3. The Balaban J connectivity index is 1.14. The van der Waals surface area contributed by atoms with Gasteiger partial charge in [0.05, 0.1) is 0 Å². The van der Waals surface area contributed by atoms with Crippen molar-refractivity contribution in [2.45, 2.75) is 0 Å². The summed E-state index contributed by atoms with van der Waals surface area (Å²) in [5.74, 6) is -0.461. The Kier molecular flexibility index (Phi) is 6.72. The average molecular weight is 693 g/mol. The molecule has 0 bridgehead atoms. The normalized spacial score (nSPS) is 11.9. The quantitative estimate of drug-likeness (QED) is 0.127. The summed E-state index contributed by atoms with van der Waals surface area (Å²) in [4.78, 5) is 0. The monoisotopic (exact) mass is 692 g/mol. The molecular weight excluding hydrogens is 663 g/mol. The first-order valence-electron chi connectivity index (χ1n) is 18.3. The highest BCUT2D eigenvalue weighted by Gasteiger charge is 2.20. The van der Waals surface area contributed by atoms with Gasteiger partial charge in [-0.3, -0.25) is 0 Å². The Labute approximate surface area is 310 Å². The molecule has 0 aliphatic carbocycles. The van der Waals surface area contributed by atoms with E-state index in [0.29, 0.717) is 0 Å². The first kappa shape index (κ1) is 30.7. The Bertz CT molecular complexity index is 3230. The van der Waals surface area contributed by atoms with Crippen molar-refractivity contribution >= 4 is 64.6 Å². The summed E-state index contributed by atoms with van der Waals surface area (Å²) in [7, 11) is 0. The molecule has 0 heterocycles. The van der Waals surface area contributed by atoms with Gasteiger partial charge in [0.15, 0.2) is 0 Å². The topological polar surface area (TPSA) is 0 Å². The number of hydrogen-bond acceptors (Lipinski definition) is 0. The fourth-order valence-electron chi connectivity index (χ4n) is 8.88. The minimum atomic E-state index is -0.239. The molecule has 0 amide bonds. The molecule has 11 aromatic carbocycles. The Morgan fingerprint density at radius 1 is 0.259 bits per heavy atom. The predicted molar refractivity (Wildman–Crippen MR) is 224 cm³/mol. The summed E-state index contributed by atoms with van der Waals surface area (Å²) in [6.07, 6.45) is 0. The lowest BCUT2D eigenvalue weighted by Crippen LogP contribution is -1.93. The molecule has 0 aliphatic heterocycles. The fourth-order valence-corrected chi connectivity index (χ4v) is 8.88. The van der Waals surface area contributed by atoms with Crippen LogP contribution in [0.3, 0.4) is 0 Å². The van der Waals surface area contributed by atoms with E-state index >= 15 is 0 Å². The number of rotatable bonds is 4. The summed E-state index contributed by atoms with van der Waals surface area (Å²) < 4.78 is 28.0. The van der Waals surface area contributed by atoms with Crippen LogP contribution in [0.2, 0.25) is 0 Å². The molecule has 11 rings (SSSR count). The maximum atomic E-state index is 14.1. The van der Waals surface area contributed by atoms with E-state index in [9.17, 15) is 8.78 Å². The fraction of sp³-hybridized carbons (Fsp3) is 0. The molecule has 0 fully saturated rings. The molecule has 0 N–H and O–H groups in total. The molecule has 0 saturated heterocycles. The maximum absolute atomic E-state index is 14.1. The lowest BCUT2D eigenvalue weighted by Gasteiger charge is -2.20. The van der Waals surface area contributed by atoms with Crippen LogP contribution in [0, 0.1) is 11.6 Å². The standard InChI is InChI=1S/C52H30F2/c53-39-21-14-31(15-22-39)49-42-8-1-3-10-44(42)52(45-11-4-2-9-43(45)49)48-27-20-33-18-25-46-41(24-17-32-19-26-47(48)51(33)50(32)46)38-7-5-6-34(29-38)35-12-13-37-30-40(54)23-16-36(37)28-35/h1-30H. The number of fused-ring (bicyclic) bond motifs is 3. The van der Waals surface area contributed by atoms with E-state index in [1.165, 1.54) is 65.8 Å². The first-order chi connectivity index (χ1) is 26.6. The van der Waals surface area contributed by atoms with Crippen molar-refractivity contribution in [3.63, 3.8) is 0 Å². The van der Waals surface area contributed by atoms with E-state index in [2.05, 4.69) is 133 Å². The number of hydrogen-bond donors (Lipinski definition) is 0. The Morgan fingerprint density at radius 3 is 1.43 bits per heavy atom. The lowest BCUT2D eigenvalue weighted by molar-refractivity contribution is 0.628. The summed E-state index contributed by atoms with van der Waals surface area (Å²) in [6, 6.07) is 62.2. The Morgan fingerprint density at radius 2 is 0.741 bits per heavy atom. The molecule has 54 heavy (non-hydrogen) atoms. The minimum Gasteiger partial charge on any atom is -0.207 e. The molecule has 2 heteroatoms. The second-order valence-electron chi connectivity index (χ2n) is 14.3. The largest absolute Gasteiger partial charge is 0.207 e. The average Bonchev–Trinajstić information content (AvgIpc) is 3.22. The van der Waals surface area contributed by atoms with Gasteiger partial charge in [-0.2, -0.15) is 0 Å². The second kappa shape index (κ2) is 11.8. The van der Waals surface area contributed by atoms with Crippen molar-refractivity contribution < 1.29 is 8.78 Å². The smallest absolute Gasteiger partial charge is 0.123 e. The van der Waals surface area contributed by atoms with E-state index in [4.69, 9.17) is 0 Å². The zero-order valence-electron chi connectivity index (χ0n) is 29.1. The van der Waals surface area contributed by atoms with Crippen LogP contribution in [0.15, 0.2) is 182 Å². The van der Waals surface area contributed by atoms with Crippen LogP contribution in [0.1, 0.15) is 0 Å². The van der Waals surface area contributed by atoms with Gasteiger partial charge in [-0.1, -0.05) is 146 Å². The SMILES string of the molecule is Fc1ccc(-c2c3ccccc3c(-c3ccc4ccc5c(-c6cccc(-c7ccc8cc(F)ccc8c7)c6)ccc6ccc3c4c65)c3ccccc23)cc1. The van der Waals surface area contributed by atoms with E-state index in [1.54, 1.807) is 18.2 Å².